The minimum Gasteiger partial charge on any atom is -0.493 e. The molecule has 2 aromatic rings. The highest BCUT2D eigenvalue weighted by Gasteiger charge is 2.51. The van der Waals surface area contributed by atoms with Gasteiger partial charge >= 0.3 is 0 Å². The molecule has 166 valence electrons. The second kappa shape index (κ2) is 8.18. The number of hydrogen-bond donors (Lipinski definition) is 2. The molecule has 1 aromatic carbocycles. The summed E-state index contributed by atoms with van der Waals surface area (Å²) in [6.45, 7) is 5.35. The van der Waals surface area contributed by atoms with E-state index in [2.05, 4.69) is 10.3 Å². The minimum absolute atomic E-state index is 0.0525. The maximum Gasteiger partial charge on any atom is 0.267 e. The zero-order valence-electron chi connectivity index (χ0n) is 17.3. The number of primary amides is 1. The number of methoxy groups -OCH3 is 1. The summed E-state index contributed by atoms with van der Waals surface area (Å²) in [5.74, 6) is -6.23. The Hall–Kier alpha value is -3.14. The standard InChI is InChI=1S/C21H22F3N3O4/c1-9-15(11-5-6-12(22)16(24)17(11)30-4)18(31-21(9,2)3)20(29)26-10-7-13(19(25)28)27-14(23)8-10/h5-9,15,18H,1-4H3,(H2,25,28)(H,26,27,29)/t9-,15-,18+/m0/s1. The number of amides is 2. The van der Waals surface area contributed by atoms with Crippen LogP contribution in [-0.4, -0.2) is 35.6 Å². The SMILES string of the molecule is COc1c([C@H]2[C@H](C(=O)Nc3cc(F)nc(C(N)=O)c3)OC(C)(C)[C@H]2C)ccc(F)c1F. The molecule has 1 fully saturated rings. The molecule has 31 heavy (non-hydrogen) atoms. The number of nitrogens with zero attached hydrogens (tertiary/aromatic N) is 1. The second-order valence-corrected chi connectivity index (χ2v) is 7.86. The van der Waals surface area contributed by atoms with Crippen molar-refractivity contribution in [3.63, 3.8) is 0 Å². The zero-order valence-corrected chi connectivity index (χ0v) is 17.3. The molecule has 1 aliphatic heterocycles. The van der Waals surface area contributed by atoms with Crippen molar-refractivity contribution in [2.24, 2.45) is 11.7 Å². The molecule has 3 rings (SSSR count). The molecule has 0 radical (unpaired) electrons. The van der Waals surface area contributed by atoms with Crippen LogP contribution in [0.25, 0.3) is 0 Å². The third-order valence-corrected chi connectivity index (χ3v) is 5.61. The van der Waals surface area contributed by atoms with Gasteiger partial charge in [-0.05, 0) is 31.9 Å². The van der Waals surface area contributed by atoms with Gasteiger partial charge in [-0.25, -0.2) is 9.37 Å². The first-order chi connectivity index (χ1) is 14.5. The largest absolute Gasteiger partial charge is 0.493 e. The predicted molar refractivity (Wildman–Crippen MR) is 105 cm³/mol. The Labute approximate surface area is 176 Å². The van der Waals surface area contributed by atoms with E-state index in [1.807, 2.05) is 6.92 Å². The summed E-state index contributed by atoms with van der Waals surface area (Å²) >= 11 is 0. The maximum atomic E-state index is 14.3. The summed E-state index contributed by atoms with van der Waals surface area (Å²) in [6.07, 6.45) is -1.14. The first kappa shape index (κ1) is 22.5. The first-order valence-electron chi connectivity index (χ1n) is 9.44. The number of carbonyl (C=O) groups excluding carboxylic acids is 2. The van der Waals surface area contributed by atoms with Crippen LogP contribution in [0.3, 0.4) is 0 Å². The molecule has 2 heterocycles. The van der Waals surface area contributed by atoms with E-state index in [4.69, 9.17) is 15.2 Å². The average molecular weight is 437 g/mol. The summed E-state index contributed by atoms with van der Waals surface area (Å²) < 4.78 is 52.8. The van der Waals surface area contributed by atoms with Crippen LogP contribution < -0.4 is 15.8 Å². The lowest BCUT2D eigenvalue weighted by Gasteiger charge is -2.25. The Kier molecular flexibility index (Phi) is 5.95. The molecule has 0 saturated carbocycles. The van der Waals surface area contributed by atoms with Crippen LogP contribution in [0.1, 0.15) is 42.7 Å². The molecule has 7 nitrogen and oxygen atoms in total. The maximum absolute atomic E-state index is 14.3. The lowest BCUT2D eigenvalue weighted by Crippen LogP contribution is -2.33. The lowest BCUT2D eigenvalue weighted by molar-refractivity contribution is -0.131. The number of hydrogen-bond acceptors (Lipinski definition) is 5. The van der Waals surface area contributed by atoms with Gasteiger partial charge in [-0.1, -0.05) is 13.0 Å². The van der Waals surface area contributed by atoms with Gasteiger partial charge in [0.1, 0.15) is 11.8 Å². The quantitative estimate of drug-likeness (QED) is 0.700. The predicted octanol–water partition coefficient (Wildman–Crippen LogP) is 3.14. The summed E-state index contributed by atoms with van der Waals surface area (Å²) in [4.78, 5) is 27.7. The molecule has 3 atom stereocenters. The molecule has 0 unspecified atom stereocenters. The van der Waals surface area contributed by atoms with Crippen LogP contribution in [0.5, 0.6) is 5.75 Å². The zero-order chi connectivity index (χ0) is 23.1. The first-order valence-corrected chi connectivity index (χ1v) is 9.44. The lowest BCUT2D eigenvalue weighted by atomic mass is 9.78. The molecule has 10 heteroatoms. The van der Waals surface area contributed by atoms with E-state index in [9.17, 15) is 22.8 Å². The van der Waals surface area contributed by atoms with Crippen molar-refractivity contribution in [3.8, 4) is 5.75 Å². The van der Waals surface area contributed by atoms with Crippen molar-refractivity contribution in [1.29, 1.82) is 0 Å². The Balaban J connectivity index is 2.00. The molecule has 2 amide bonds. The highest BCUT2D eigenvalue weighted by atomic mass is 19.2. The molecule has 0 bridgehead atoms. The van der Waals surface area contributed by atoms with Gasteiger partial charge in [-0.2, -0.15) is 8.78 Å². The molecule has 0 aliphatic carbocycles. The van der Waals surface area contributed by atoms with Crippen LogP contribution in [-0.2, 0) is 9.53 Å². The van der Waals surface area contributed by atoms with Crippen molar-refractivity contribution in [1.82, 2.24) is 4.98 Å². The second-order valence-electron chi connectivity index (χ2n) is 7.86. The van der Waals surface area contributed by atoms with Gasteiger partial charge in [0.05, 0.1) is 12.7 Å². The molecule has 1 saturated heterocycles. The average Bonchev–Trinajstić information content (AvgIpc) is 2.93. The van der Waals surface area contributed by atoms with Gasteiger partial charge in [-0.15, -0.1) is 0 Å². The monoisotopic (exact) mass is 437 g/mol. The number of halogens is 3. The molecule has 0 spiro atoms. The molecule has 1 aliphatic rings. The number of anilines is 1. The van der Waals surface area contributed by atoms with Crippen LogP contribution in [0, 0.1) is 23.5 Å². The number of aromatic nitrogens is 1. The Bertz CT molecular complexity index is 1040. The van der Waals surface area contributed by atoms with Crippen LogP contribution in [0.15, 0.2) is 24.3 Å². The van der Waals surface area contributed by atoms with Gasteiger partial charge in [-0.3, -0.25) is 9.59 Å². The van der Waals surface area contributed by atoms with Crippen LogP contribution in [0.4, 0.5) is 18.9 Å². The number of rotatable bonds is 5. The van der Waals surface area contributed by atoms with Crippen molar-refractivity contribution in [2.75, 3.05) is 12.4 Å². The Morgan fingerprint density at radius 3 is 2.52 bits per heavy atom. The van der Waals surface area contributed by atoms with E-state index in [0.717, 1.165) is 18.2 Å². The number of nitrogens with one attached hydrogen (secondary N) is 1. The fourth-order valence-electron chi connectivity index (χ4n) is 3.78. The molecular formula is C21H22F3N3O4. The van der Waals surface area contributed by atoms with Gasteiger partial charge in [0.2, 0.25) is 11.8 Å². The number of ether oxygens (including phenoxy) is 2. The van der Waals surface area contributed by atoms with Gasteiger partial charge < -0.3 is 20.5 Å². The molecule has 1 aromatic heterocycles. The summed E-state index contributed by atoms with van der Waals surface area (Å²) in [5.41, 5.74) is 4.17. The molecule has 3 N–H and O–H groups in total. The van der Waals surface area contributed by atoms with E-state index in [1.165, 1.54) is 13.2 Å². The van der Waals surface area contributed by atoms with Crippen molar-refractivity contribution in [2.45, 2.75) is 38.4 Å². The molecular weight excluding hydrogens is 415 g/mol. The van der Waals surface area contributed by atoms with E-state index in [1.54, 1.807) is 13.8 Å². The van der Waals surface area contributed by atoms with Crippen LogP contribution >= 0.6 is 0 Å². The minimum atomic E-state index is -1.17. The van der Waals surface area contributed by atoms with Gasteiger partial charge in [0.15, 0.2) is 11.6 Å². The fraction of sp³-hybridized carbons (Fsp3) is 0.381. The number of nitrogens with two attached hydrogens (primary N) is 1. The highest BCUT2D eigenvalue weighted by Crippen LogP contribution is 2.49. The smallest absolute Gasteiger partial charge is 0.267 e. The Morgan fingerprint density at radius 1 is 1.23 bits per heavy atom. The van der Waals surface area contributed by atoms with E-state index >= 15 is 0 Å². The summed E-state index contributed by atoms with van der Waals surface area (Å²) in [7, 11) is 1.20. The van der Waals surface area contributed by atoms with E-state index in [0.29, 0.717) is 0 Å². The third-order valence-electron chi connectivity index (χ3n) is 5.61. The van der Waals surface area contributed by atoms with E-state index in [-0.39, 0.29) is 28.6 Å². The normalized spacial score (nSPS) is 22.2. The van der Waals surface area contributed by atoms with Crippen LogP contribution in [0.2, 0.25) is 0 Å². The highest BCUT2D eigenvalue weighted by molar-refractivity contribution is 5.97. The third kappa shape index (κ3) is 4.20. The number of benzene rings is 1. The van der Waals surface area contributed by atoms with E-state index < -0.39 is 47.0 Å². The summed E-state index contributed by atoms with van der Waals surface area (Å²) in [5, 5.41) is 2.48. The van der Waals surface area contributed by atoms with Crippen molar-refractivity contribution in [3.05, 3.63) is 53.1 Å². The van der Waals surface area contributed by atoms with Gasteiger partial charge in [0.25, 0.3) is 11.8 Å². The fourth-order valence-corrected chi connectivity index (χ4v) is 3.78. The van der Waals surface area contributed by atoms with Crippen molar-refractivity contribution >= 4 is 17.5 Å². The number of carbonyl (C=O) groups is 2. The van der Waals surface area contributed by atoms with Gasteiger partial charge in [0, 0.05) is 23.2 Å². The number of pyridine rings is 1. The summed E-state index contributed by atoms with van der Waals surface area (Å²) in [6, 6.07) is 4.35. The van der Waals surface area contributed by atoms with Crippen molar-refractivity contribution < 1.29 is 32.2 Å². The Morgan fingerprint density at radius 2 is 1.90 bits per heavy atom. The topological polar surface area (TPSA) is 104 Å².